The fourth-order valence-corrected chi connectivity index (χ4v) is 2.77. The molecule has 0 aliphatic rings. The summed E-state index contributed by atoms with van der Waals surface area (Å²) < 4.78 is 5.66. The van der Waals surface area contributed by atoms with E-state index in [1.54, 1.807) is 7.05 Å². The predicted molar refractivity (Wildman–Crippen MR) is 134 cm³/mol. The van der Waals surface area contributed by atoms with E-state index in [-0.39, 0.29) is 35.4 Å². The number of hydrogen-bond acceptors (Lipinski definition) is 3. The number of amides is 1. The van der Waals surface area contributed by atoms with E-state index in [1.807, 2.05) is 76.2 Å². The molecule has 30 heavy (non-hydrogen) atoms. The van der Waals surface area contributed by atoms with E-state index in [1.165, 1.54) is 0 Å². The topological polar surface area (TPSA) is 74.8 Å². The summed E-state index contributed by atoms with van der Waals surface area (Å²) >= 11 is 0. The largest absolute Gasteiger partial charge is 0.494 e. The molecule has 0 saturated carbocycles. The monoisotopic (exact) mass is 524 g/mol. The molecule has 0 atom stereocenters. The number of hydrogen-bond donors (Lipinski definition) is 3. The SMILES string of the molecule is CCOc1ccccc1CNC(=NC)NCc1cccc(C(=O)NC(C)(C)C)c1.I. The molecule has 3 N–H and O–H groups in total. The van der Waals surface area contributed by atoms with Gasteiger partial charge in [-0.05, 0) is 51.5 Å². The highest BCUT2D eigenvalue weighted by Crippen LogP contribution is 2.17. The summed E-state index contributed by atoms with van der Waals surface area (Å²) in [6.07, 6.45) is 0. The maximum Gasteiger partial charge on any atom is 0.251 e. The summed E-state index contributed by atoms with van der Waals surface area (Å²) in [5.41, 5.74) is 2.45. The van der Waals surface area contributed by atoms with Crippen LogP contribution in [-0.4, -0.2) is 31.1 Å². The van der Waals surface area contributed by atoms with Crippen LogP contribution in [0.3, 0.4) is 0 Å². The van der Waals surface area contributed by atoms with Gasteiger partial charge in [0.2, 0.25) is 0 Å². The highest BCUT2D eigenvalue weighted by atomic mass is 127. The number of para-hydroxylation sites is 1. The van der Waals surface area contributed by atoms with E-state index in [2.05, 4.69) is 20.9 Å². The van der Waals surface area contributed by atoms with Crippen LogP contribution in [0.5, 0.6) is 5.75 Å². The van der Waals surface area contributed by atoms with Crippen LogP contribution < -0.4 is 20.7 Å². The molecular weight excluding hydrogens is 491 g/mol. The Morgan fingerprint density at radius 3 is 2.40 bits per heavy atom. The average molecular weight is 524 g/mol. The van der Waals surface area contributed by atoms with Gasteiger partial charge in [0.1, 0.15) is 5.75 Å². The number of nitrogens with zero attached hydrogens (tertiary/aromatic N) is 1. The second-order valence-corrected chi connectivity index (χ2v) is 7.72. The van der Waals surface area contributed by atoms with Crippen LogP contribution in [0.2, 0.25) is 0 Å². The summed E-state index contributed by atoms with van der Waals surface area (Å²) in [6, 6.07) is 15.5. The van der Waals surface area contributed by atoms with Gasteiger partial charge < -0.3 is 20.7 Å². The Labute approximate surface area is 196 Å². The van der Waals surface area contributed by atoms with Crippen molar-refractivity contribution in [1.82, 2.24) is 16.0 Å². The molecule has 2 aromatic carbocycles. The highest BCUT2D eigenvalue weighted by Gasteiger charge is 2.15. The van der Waals surface area contributed by atoms with Crippen molar-refractivity contribution < 1.29 is 9.53 Å². The molecule has 164 valence electrons. The van der Waals surface area contributed by atoms with Gasteiger partial charge in [-0.3, -0.25) is 9.79 Å². The Bertz CT molecular complexity index is 847. The third-order valence-electron chi connectivity index (χ3n) is 4.08. The first-order valence-corrected chi connectivity index (χ1v) is 9.89. The van der Waals surface area contributed by atoms with Crippen molar-refractivity contribution in [2.24, 2.45) is 4.99 Å². The number of nitrogens with one attached hydrogen (secondary N) is 3. The average Bonchev–Trinajstić information content (AvgIpc) is 2.68. The Morgan fingerprint density at radius 1 is 1.03 bits per heavy atom. The van der Waals surface area contributed by atoms with Gasteiger partial charge in [-0.25, -0.2) is 0 Å². The summed E-state index contributed by atoms with van der Waals surface area (Å²) in [5, 5.41) is 9.58. The van der Waals surface area contributed by atoms with Gasteiger partial charge in [0.25, 0.3) is 5.91 Å². The molecule has 0 aromatic heterocycles. The molecule has 0 heterocycles. The van der Waals surface area contributed by atoms with Crippen LogP contribution in [-0.2, 0) is 13.1 Å². The van der Waals surface area contributed by atoms with Gasteiger partial charge in [-0.2, -0.15) is 0 Å². The maximum atomic E-state index is 12.4. The molecule has 0 saturated heterocycles. The molecule has 0 bridgehead atoms. The number of halogens is 1. The molecule has 0 aliphatic heterocycles. The second kappa shape index (κ2) is 12.4. The van der Waals surface area contributed by atoms with Gasteiger partial charge in [0, 0.05) is 36.8 Å². The van der Waals surface area contributed by atoms with Crippen LogP contribution >= 0.6 is 24.0 Å². The van der Waals surface area contributed by atoms with Crippen molar-refractivity contribution in [2.45, 2.75) is 46.3 Å². The van der Waals surface area contributed by atoms with E-state index in [9.17, 15) is 4.79 Å². The van der Waals surface area contributed by atoms with Crippen LogP contribution in [0.25, 0.3) is 0 Å². The van der Waals surface area contributed by atoms with E-state index >= 15 is 0 Å². The van der Waals surface area contributed by atoms with E-state index in [0.29, 0.717) is 31.2 Å². The number of ether oxygens (including phenoxy) is 1. The smallest absolute Gasteiger partial charge is 0.251 e. The third kappa shape index (κ3) is 8.61. The molecule has 7 heteroatoms. The zero-order chi connectivity index (χ0) is 21.3. The van der Waals surface area contributed by atoms with E-state index < -0.39 is 0 Å². The van der Waals surface area contributed by atoms with Gasteiger partial charge in [0.15, 0.2) is 5.96 Å². The van der Waals surface area contributed by atoms with Gasteiger partial charge in [-0.15, -0.1) is 24.0 Å². The molecule has 0 radical (unpaired) electrons. The Morgan fingerprint density at radius 2 is 1.73 bits per heavy atom. The minimum atomic E-state index is -0.269. The van der Waals surface area contributed by atoms with Crippen molar-refractivity contribution in [1.29, 1.82) is 0 Å². The lowest BCUT2D eigenvalue weighted by Crippen LogP contribution is -2.40. The van der Waals surface area contributed by atoms with Gasteiger partial charge in [-0.1, -0.05) is 30.3 Å². The van der Waals surface area contributed by atoms with Crippen LogP contribution in [0.4, 0.5) is 0 Å². The molecule has 0 spiro atoms. The number of benzene rings is 2. The molecule has 2 aromatic rings. The lowest BCUT2D eigenvalue weighted by molar-refractivity contribution is 0.0919. The number of aliphatic imine (C=N–C) groups is 1. The van der Waals surface area contributed by atoms with Crippen molar-refractivity contribution in [3.05, 3.63) is 65.2 Å². The molecule has 0 aliphatic carbocycles. The van der Waals surface area contributed by atoms with E-state index in [4.69, 9.17) is 4.74 Å². The fourth-order valence-electron chi connectivity index (χ4n) is 2.77. The fraction of sp³-hybridized carbons (Fsp3) is 0.391. The first kappa shape index (κ1) is 25.7. The number of guanidine groups is 1. The Kier molecular flexibility index (Phi) is 10.7. The molecule has 2 rings (SSSR count). The van der Waals surface area contributed by atoms with Crippen molar-refractivity contribution in [2.75, 3.05) is 13.7 Å². The van der Waals surface area contributed by atoms with Gasteiger partial charge >= 0.3 is 0 Å². The normalized spacial score (nSPS) is 11.3. The lowest BCUT2D eigenvalue weighted by atomic mass is 10.1. The zero-order valence-electron chi connectivity index (χ0n) is 18.4. The summed E-state index contributed by atoms with van der Waals surface area (Å²) in [6.45, 7) is 9.66. The van der Waals surface area contributed by atoms with Gasteiger partial charge in [0.05, 0.1) is 6.61 Å². The Hall–Kier alpha value is -2.29. The van der Waals surface area contributed by atoms with Crippen LogP contribution in [0.1, 0.15) is 49.2 Å². The predicted octanol–water partition coefficient (Wildman–Crippen LogP) is 4.10. The zero-order valence-corrected chi connectivity index (χ0v) is 20.7. The minimum Gasteiger partial charge on any atom is -0.494 e. The lowest BCUT2D eigenvalue weighted by Gasteiger charge is -2.20. The van der Waals surface area contributed by atoms with Crippen molar-refractivity contribution in [3.8, 4) is 5.75 Å². The first-order chi connectivity index (χ1) is 13.8. The maximum absolute atomic E-state index is 12.4. The quantitative estimate of drug-likeness (QED) is 0.290. The van der Waals surface area contributed by atoms with Crippen molar-refractivity contribution >= 4 is 35.8 Å². The second-order valence-electron chi connectivity index (χ2n) is 7.72. The molecule has 6 nitrogen and oxygen atoms in total. The third-order valence-corrected chi connectivity index (χ3v) is 4.08. The number of carbonyl (C=O) groups is 1. The number of rotatable bonds is 7. The Balaban J connectivity index is 0.00000450. The summed E-state index contributed by atoms with van der Waals surface area (Å²) in [7, 11) is 1.73. The van der Waals surface area contributed by atoms with Crippen molar-refractivity contribution in [3.63, 3.8) is 0 Å². The minimum absolute atomic E-state index is 0. The first-order valence-electron chi connectivity index (χ1n) is 9.89. The molecular formula is C23H33IN4O2. The molecule has 1 amide bonds. The molecule has 0 unspecified atom stereocenters. The van der Waals surface area contributed by atoms with Crippen LogP contribution in [0, 0.1) is 0 Å². The standard InChI is InChI=1S/C23H32N4O2.HI/c1-6-29-20-13-8-7-11-19(20)16-26-22(24-5)25-15-17-10-9-12-18(14-17)21(28)27-23(2,3)4;/h7-14H,6,15-16H2,1-5H3,(H,27,28)(H2,24,25,26);1H. The van der Waals surface area contributed by atoms with E-state index in [0.717, 1.165) is 16.9 Å². The summed E-state index contributed by atoms with van der Waals surface area (Å²) in [5.74, 6) is 1.48. The highest BCUT2D eigenvalue weighted by molar-refractivity contribution is 14.0. The number of carbonyl (C=O) groups excluding carboxylic acids is 1. The van der Waals surface area contributed by atoms with Crippen LogP contribution in [0.15, 0.2) is 53.5 Å². The summed E-state index contributed by atoms with van der Waals surface area (Å²) in [4.78, 5) is 16.6. The molecule has 0 fully saturated rings.